The highest BCUT2D eigenvalue weighted by Crippen LogP contribution is 2.25. The lowest BCUT2D eigenvalue weighted by molar-refractivity contribution is 0.193. The molecule has 3 rings (SSSR count). The van der Waals surface area contributed by atoms with Gasteiger partial charge in [0.05, 0.1) is 12.3 Å². The average molecular weight is 344 g/mol. The second-order valence-electron chi connectivity index (χ2n) is 6.21. The number of nitrogens with one attached hydrogen (secondary N) is 2. The van der Waals surface area contributed by atoms with Crippen LogP contribution in [0.25, 0.3) is 0 Å². The fraction of sp³-hybridized carbons (Fsp3) is 0.529. The van der Waals surface area contributed by atoms with Gasteiger partial charge in [0.1, 0.15) is 5.82 Å². The molecule has 134 valence electrons. The van der Waals surface area contributed by atoms with Gasteiger partial charge in [-0.05, 0) is 26.3 Å². The van der Waals surface area contributed by atoms with Crippen molar-refractivity contribution in [1.82, 2.24) is 19.5 Å². The molecule has 1 fully saturated rings. The first kappa shape index (κ1) is 17.3. The number of nitrogens with zero attached hydrogens (tertiary/aromatic N) is 4. The SMILES string of the molecule is CNc1nc(NCCn2c(C)cc(C)nc2=O)cc(C2CCOC2)n1. The number of ether oxygens (including phenoxy) is 1. The number of hydrogen-bond donors (Lipinski definition) is 2. The van der Waals surface area contributed by atoms with Crippen LogP contribution in [-0.4, -0.2) is 46.3 Å². The van der Waals surface area contributed by atoms with Crippen molar-refractivity contribution < 1.29 is 4.74 Å². The molecule has 0 radical (unpaired) electrons. The number of anilines is 2. The molecule has 0 spiro atoms. The molecule has 8 heteroatoms. The molecule has 0 aromatic carbocycles. The average Bonchev–Trinajstić information content (AvgIpc) is 3.11. The van der Waals surface area contributed by atoms with Gasteiger partial charge in [0, 0.05) is 50.1 Å². The van der Waals surface area contributed by atoms with Crippen LogP contribution in [0.3, 0.4) is 0 Å². The summed E-state index contributed by atoms with van der Waals surface area (Å²) < 4.78 is 7.11. The highest BCUT2D eigenvalue weighted by Gasteiger charge is 2.20. The lowest BCUT2D eigenvalue weighted by atomic mass is 10.0. The van der Waals surface area contributed by atoms with Crippen LogP contribution >= 0.6 is 0 Å². The third-order valence-electron chi connectivity index (χ3n) is 4.31. The molecule has 1 atom stereocenters. The van der Waals surface area contributed by atoms with E-state index in [2.05, 4.69) is 25.6 Å². The smallest absolute Gasteiger partial charge is 0.348 e. The Labute approximate surface area is 146 Å². The summed E-state index contributed by atoms with van der Waals surface area (Å²) >= 11 is 0. The summed E-state index contributed by atoms with van der Waals surface area (Å²) in [6.45, 7) is 6.31. The second kappa shape index (κ2) is 7.60. The predicted molar refractivity (Wildman–Crippen MR) is 96.2 cm³/mol. The van der Waals surface area contributed by atoms with Crippen LogP contribution in [0.2, 0.25) is 0 Å². The predicted octanol–water partition coefficient (Wildman–Crippen LogP) is 1.31. The Morgan fingerprint density at radius 3 is 2.80 bits per heavy atom. The van der Waals surface area contributed by atoms with E-state index >= 15 is 0 Å². The quantitative estimate of drug-likeness (QED) is 0.816. The van der Waals surface area contributed by atoms with Gasteiger partial charge < -0.3 is 15.4 Å². The van der Waals surface area contributed by atoms with Crippen molar-refractivity contribution >= 4 is 11.8 Å². The molecule has 2 N–H and O–H groups in total. The van der Waals surface area contributed by atoms with E-state index in [1.165, 1.54) is 0 Å². The minimum absolute atomic E-state index is 0.221. The lowest BCUT2D eigenvalue weighted by Crippen LogP contribution is -2.28. The summed E-state index contributed by atoms with van der Waals surface area (Å²) in [5.41, 5.74) is 2.40. The highest BCUT2D eigenvalue weighted by molar-refractivity contribution is 5.43. The van der Waals surface area contributed by atoms with Gasteiger partial charge in [-0.15, -0.1) is 0 Å². The number of hydrogen-bond acceptors (Lipinski definition) is 7. The summed E-state index contributed by atoms with van der Waals surface area (Å²) in [6.07, 6.45) is 0.975. The van der Waals surface area contributed by atoms with Gasteiger partial charge in [-0.3, -0.25) is 4.57 Å². The maximum absolute atomic E-state index is 12.0. The van der Waals surface area contributed by atoms with Gasteiger partial charge in [0.15, 0.2) is 0 Å². The minimum atomic E-state index is -0.221. The van der Waals surface area contributed by atoms with E-state index < -0.39 is 0 Å². The third kappa shape index (κ3) is 4.14. The van der Waals surface area contributed by atoms with Crippen LogP contribution in [0.5, 0.6) is 0 Å². The number of aromatic nitrogens is 4. The number of rotatable bonds is 6. The zero-order chi connectivity index (χ0) is 17.8. The topological polar surface area (TPSA) is 94.0 Å². The molecule has 2 aromatic heterocycles. The van der Waals surface area contributed by atoms with Gasteiger partial charge in [-0.2, -0.15) is 9.97 Å². The summed E-state index contributed by atoms with van der Waals surface area (Å²) in [5, 5.41) is 6.28. The van der Waals surface area contributed by atoms with Crippen LogP contribution in [0.15, 0.2) is 16.9 Å². The number of aryl methyl sites for hydroxylation is 2. The molecule has 1 saturated heterocycles. The monoisotopic (exact) mass is 344 g/mol. The first-order valence-electron chi connectivity index (χ1n) is 8.50. The standard InChI is InChI=1S/C17H24N6O2/c1-11-8-12(2)23(17(24)20-11)6-5-19-15-9-14(13-4-7-25-10-13)21-16(18-3)22-15/h8-9,13H,4-7,10H2,1-3H3,(H2,18,19,21,22). The van der Waals surface area contributed by atoms with Gasteiger partial charge in [-0.25, -0.2) is 9.78 Å². The van der Waals surface area contributed by atoms with Crippen molar-refractivity contribution in [3.63, 3.8) is 0 Å². The molecule has 1 aliphatic heterocycles. The lowest BCUT2D eigenvalue weighted by Gasteiger charge is -2.14. The van der Waals surface area contributed by atoms with Crippen molar-refractivity contribution in [2.75, 3.05) is 37.4 Å². The van der Waals surface area contributed by atoms with E-state index in [1.807, 2.05) is 26.0 Å². The third-order valence-corrected chi connectivity index (χ3v) is 4.31. The Bertz CT molecular complexity index is 798. The molecule has 25 heavy (non-hydrogen) atoms. The van der Waals surface area contributed by atoms with Crippen LogP contribution in [0.4, 0.5) is 11.8 Å². The first-order chi connectivity index (χ1) is 12.1. The van der Waals surface area contributed by atoms with Crippen LogP contribution in [0.1, 0.15) is 29.4 Å². The van der Waals surface area contributed by atoms with Crippen LogP contribution in [0, 0.1) is 13.8 Å². The fourth-order valence-electron chi connectivity index (χ4n) is 2.99. The Kier molecular flexibility index (Phi) is 5.28. The van der Waals surface area contributed by atoms with Crippen molar-refractivity contribution in [2.24, 2.45) is 0 Å². The zero-order valence-electron chi connectivity index (χ0n) is 14.9. The van der Waals surface area contributed by atoms with Gasteiger partial charge in [-0.1, -0.05) is 0 Å². The summed E-state index contributed by atoms with van der Waals surface area (Å²) in [4.78, 5) is 25.0. The first-order valence-corrected chi connectivity index (χ1v) is 8.50. The van der Waals surface area contributed by atoms with E-state index in [-0.39, 0.29) is 5.69 Å². The van der Waals surface area contributed by atoms with E-state index in [4.69, 9.17) is 4.74 Å². The van der Waals surface area contributed by atoms with Gasteiger partial charge in [0.2, 0.25) is 5.95 Å². The Balaban J connectivity index is 1.70. The maximum Gasteiger partial charge on any atom is 0.348 e. The molecule has 0 bridgehead atoms. The summed E-state index contributed by atoms with van der Waals surface area (Å²) in [5.74, 6) is 1.63. The molecule has 2 aromatic rings. The molecule has 1 aliphatic rings. The van der Waals surface area contributed by atoms with E-state index in [0.717, 1.165) is 35.9 Å². The maximum atomic E-state index is 12.0. The summed E-state index contributed by atoms with van der Waals surface area (Å²) in [7, 11) is 1.80. The molecular formula is C17H24N6O2. The van der Waals surface area contributed by atoms with Crippen molar-refractivity contribution in [3.05, 3.63) is 39.7 Å². The van der Waals surface area contributed by atoms with Gasteiger partial charge in [0.25, 0.3) is 0 Å². The van der Waals surface area contributed by atoms with Crippen molar-refractivity contribution in [3.8, 4) is 0 Å². The second-order valence-corrected chi connectivity index (χ2v) is 6.21. The van der Waals surface area contributed by atoms with E-state index in [9.17, 15) is 4.79 Å². The molecule has 8 nitrogen and oxygen atoms in total. The Hall–Kier alpha value is -2.48. The van der Waals surface area contributed by atoms with Gasteiger partial charge >= 0.3 is 5.69 Å². The van der Waals surface area contributed by atoms with E-state index in [1.54, 1.807) is 11.6 Å². The van der Waals surface area contributed by atoms with Crippen LogP contribution < -0.4 is 16.3 Å². The molecule has 0 saturated carbocycles. The largest absolute Gasteiger partial charge is 0.381 e. The highest BCUT2D eigenvalue weighted by atomic mass is 16.5. The molecule has 3 heterocycles. The Morgan fingerprint density at radius 1 is 1.28 bits per heavy atom. The van der Waals surface area contributed by atoms with Crippen molar-refractivity contribution in [2.45, 2.75) is 32.7 Å². The normalized spacial score (nSPS) is 16.8. The van der Waals surface area contributed by atoms with Crippen molar-refractivity contribution in [1.29, 1.82) is 0 Å². The molecule has 0 amide bonds. The zero-order valence-corrected chi connectivity index (χ0v) is 14.9. The molecule has 1 unspecified atom stereocenters. The Morgan fingerprint density at radius 2 is 2.12 bits per heavy atom. The van der Waals surface area contributed by atoms with Crippen LogP contribution in [-0.2, 0) is 11.3 Å². The van der Waals surface area contributed by atoms with E-state index in [0.29, 0.717) is 31.6 Å². The minimum Gasteiger partial charge on any atom is -0.381 e. The molecule has 0 aliphatic carbocycles. The summed E-state index contributed by atoms with van der Waals surface area (Å²) in [6, 6.07) is 3.87. The molecular weight excluding hydrogens is 320 g/mol. The fourth-order valence-corrected chi connectivity index (χ4v) is 2.99.